The molecule has 1 saturated carbocycles. The summed E-state index contributed by atoms with van der Waals surface area (Å²) >= 11 is 0. The number of hydrogen-bond donors (Lipinski definition) is 1. The van der Waals surface area contributed by atoms with Gasteiger partial charge in [0.15, 0.2) is 11.5 Å². The molecule has 25 heavy (non-hydrogen) atoms. The summed E-state index contributed by atoms with van der Waals surface area (Å²) in [6.45, 7) is 3.01. The second kappa shape index (κ2) is 8.28. The summed E-state index contributed by atoms with van der Waals surface area (Å²) < 4.78 is 16.6. The third kappa shape index (κ3) is 4.47. The van der Waals surface area contributed by atoms with E-state index in [0.29, 0.717) is 18.6 Å². The molecule has 1 N–H and O–H groups in total. The van der Waals surface area contributed by atoms with Crippen molar-refractivity contribution in [1.82, 2.24) is 5.32 Å². The number of esters is 1. The Hall–Kier alpha value is -2.17. The molecule has 3 rings (SSSR count). The Morgan fingerprint density at radius 1 is 1.28 bits per heavy atom. The first-order valence-corrected chi connectivity index (χ1v) is 9.15. The largest absolute Gasteiger partial charge is 0.493 e. The molecular formula is C20H27NO4. The van der Waals surface area contributed by atoms with Gasteiger partial charge >= 0.3 is 5.97 Å². The smallest absolute Gasteiger partial charge is 0.332 e. The summed E-state index contributed by atoms with van der Waals surface area (Å²) in [6, 6.07) is 6.16. The van der Waals surface area contributed by atoms with Gasteiger partial charge < -0.3 is 19.5 Å². The van der Waals surface area contributed by atoms with Crippen LogP contribution in [-0.4, -0.2) is 32.3 Å². The minimum atomic E-state index is -0.286. The number of rotatable bonds is 6. The van der Waals surface area contributed by atoms with E-state index in [1.807, 2.05) is 13.0 Å². The molecule has 0 radical (unpaired) electrons. The van der Waals surface area contributed by atoms with Crippen LogP contribution in [0, 0.1) is 0 Å². The van der Waals surface area contributed by atoms with Crippen LogP contribution in [0.1, 0.15) is 50.5 Å². The van der Waals surface area contributed by atoms with Crippen LogP contribution in [0.2, 0.25) is 0 Å². The third-order valence-corrected chi connectivity index (χ3v) is 4.88. The Morgan fingerprint density at radius 2 is 2.08 bits per heavy atom. The minimum Gasteiger partial charge on any atom is -0.493 e. The van der Waals surface area contributed by atoms with Gasteiger partial charge in [0.05, 0.1) is 19.8 Å². The zero-order valence-corrected chi connectivity index (χ0v) is 15.0. The van der Waals surface area contributed by atoms with E-state index >= 15 is 0 Å². The zero-order valence-electron chi connectivity index (χ0n) is 15.0. The van der Waals surface area contributed by atoms with Gasteiger partial charge in [0.1, 0.15) is 0 Å². The Bertz CT molecular complexity index is 635. The number of carbonyl (C=O) groups excluding carboxylic acids is 1. The number of allylic oxidation sites excluding steroid dienone is 1. The molecule has 0 bridgehead atoms. The molecule has 1 saturated heterocycles. The van der Waals surface area contributed by atoms with Crippen molar-refractivity contribution in [2.24, 2.45) is 0 Å². The molecule has 136 valence electrons. The summed E-state index contributed by atoms with van der Waals surface area (Å²) in [5.41, 5.74) is 2.13. The predicted molar refractivity (Wildman–Crippen MR) is 96.0 cm³/mol. The minimum absolute atomic E-state index is 0.286. The van der Waals surface area contributed by atoms with Crippen LogP contribution < -0.4 is 14.8 Å². The van der Waals surface area contributed by atoms with Gasteiger partial charge in [0, 0.05) is 24.2 Å². The Balaban J connectivity index is 1.71. The molecule has 0 aromatic heterocycles. The molecule has 1 aromatic rings. The van der Waals surface area contributed by atoms with Crippen LogP contribution in [0.4, 0.5) is 0 Å². The SMILES string of the molecule is CCOC(=O)C=C1C[C@H](c2ccc(OC)c(OC3CCCC3)c2)CN1. The highest BCUT2D eigenvalue weighted by molar-refractivity contribution is 5.82. The highest BCUT2D eigenvalue weighted by atomic mass is 16.5. The number of ether oxygens (including phenoxy) is 3. The van der Waals surface area contributed by atoms with Gasteiger partial charge in [-0.05, 0) is 56.7 Å². The average molecular weight is 345 g/mol. The molecule has 0 unspecified atom stereocenters. The number of carbonyl (C=O) groups is 1. The van der Waals surface area contributed by atoms with Crippen LogP contribution in [0.3, 0.4) is 0 Å². The van der Waals surface area contributed by atoms with E-state index in [-0.39, 0.29) is 5.97 Å². The Kier molecular flexibility index (Phi) is 5.84. The molecule has 5 heteroatoms. The van der Waals surface area contributed by atoms with Crippen molar-refractivity contribution in [3.63, 3.8) is 0 Å². The van der Waals surface area contributed by atoms with Gasteiger partial charge in [0.25, 0.3) is 0 Å². The molecule has 0 amide bonds. The van der Waals surface area contributed by atoms with Crippen molar-refractivity contribution in [3.05, 3.63) is 35.5 Å². The van der Waals surface area contributed by atoms with Gasteiger partial charge in [-0.2, -0.15) is 0 Å². The molecule has 1 aromatic carbocycles. The van der Waals surface area contributed by atoms with Crippen molar-refractivity contribution in [2.45, 2.75) is 51.0 Å². The number of methoxy groups -OCH3 is 1. The zero-order chi connectivity index (χ0) is 17.6. The number of benzene rings is 1. The first-order chi connectivity index (χ1) is 12.2. The van der Waals surface area contributed by atoms with Crippen LogP contribution >= 0.6 is 0 Å². The highest BCUT2D eigenvalue weighted by Gasteiger charge is 2.24. The quantitative estimate of drug-likeness (QED) is 0.631. The fraction of sp³-hybridized carbons (Fsp3) is 0.550. The summed E-state index contributed by atoms with van der Waals surface area (Å²) in [5, 5.41) is 3.30. The highest BCUT2D eigenvalue weighted by Crippen LogP contribution is 2.36. The van der Waals surface area contributed by atoms with Crippen molar-refractivity contribution in [2.75, 3.05) is 20.3 Å². The van der Waals surface area contributed by atoms with Gasteiger partial charge in [-0.25, -0.2) is 4.79 Å². The van der Waals surface area contributed by atoms with Crippen molar-refractivity contribution < 1.29 is 19.0 Å². The molecule has 1 atom stereocenters. The normalized spacial score (nSPS) is 22.0. The summed E-state index contributed by atoms with van der Waals surface area (Å²) in [4.78, 5) is 11.6. The Morgan fingerprint density at radius 3 is 2.80 bits per heavy atom. The monoisotopic (exact) mass is 345 g/mol. The average Bonchev–Trinajstić information content (AvgIpc) is 3.27. The van der Waals surface area contributed by atoms with E-state index in [0.717, 1.165) is 43.0 Å². The second-order valence-electron chi connectivity index (χ2n) is 6.64. The van der Waals surface area contributed by atoms with E-state index in [4.69, 9.17) is 14.2 Å². The number of hydrogen-bond acceptors (Lipinski definition) is 5. The van der Waals surface area contributed by atoms with Gasteiger partial charge in [-0.15, -0.1) is 0 Å². The lowest BCUT2D eigenvalue weighted by molar-refractivity contribution is -0.137. The second-order valence-corrected chi connectivity index (χ2v) is 6.64. The molecule has 5 nitrogen and oxygen atoms in total. The van der Waals surface area contributed by atoms with Crippen molar-refractivity contribution >= 4 is 5.97 Å². The van der Waals surface area contributed by atoms with E-state index in [9.17, 15) is 4.79 Å². The maximum atomic E-state index is 11.6. The fourth-order valence-corrected chi connectivity index (χ4v) is 3.56. The molecule has 1 heterocycles. The molecule has 2 fully saturated rings. The third-order valence-electron chi connectivity index (χ3n) is 4.88. The van der Waals surface area contributed by atoms with E-state index < -0.39 is 0 Å². The molecular weight excluding hydrogens is 318 g/mol. The van der Waals surface area contributed by atoms with Crippen molar-refractivity contribution in [1.29, 1.82) is 0 Å². The van der Waals surface area contributed by atoms with E-state index in [2.05, 4.69) is 17.4 Å². The molecule has 1 aliphatic heterocycles. The first-order valence-electron chi connectivity index (χ1n) is 9.15. The lowest BCUT2D eigenvalue weighted by Crippen LogP contribution is -2.12. The van der Waals surface area contributed by atoms with Crippen molar-refractivity contribution in [3.8, 4) is 11.5 Å². The molecule has 0 spiro atoms. The standard InChI is InChI=1S/C20H27NO4/c1-3-24-20(22)12-16-10-15(13-21-16)14-8-9-18(23-2)19(11-14)25-17-6-4-5-7-17/h8-9,11-12,15,17,21H,3-7,10,13H2,1-2H3/t15-/m0/s1. The van der Waals surface area contributed by atoms with E-state index in [1.165, 1.54) is 18.4 Å². The maximum Gasteiger partial charge on any atom is 0.332 e. The van der Waals surface area contributed by atoms with Crippen LogP contribution in [0.5, 0.6) is 11.5 Å². The van der Waals surface area contributed by atoms with Gasteiger partial charge in [0.2, 0.25) is 0 Å². The summed E-state index contributed by atoms with van der Waals surface area (Å²) in [6.07, 6.45) is 7.36. The van der Waals surface area contributed by atoms with Gasteiger partial charge in [-0.1, -0.05) is 6.07 Å². The van der Waals surface area contributed by atoms with Gasteiger partial charge in [-0.3, -0.25) is 0 Å². The topological polar surface area (TPSA) is 56.8 Å². The maximum absolute atomic E-state index is 11.6. The van der Waals surface area contributed by atoms with Crippen LogP contribution in [-0.2, 0) is 9.53 Å². The van der Waals surface area contributed by atoms with Crippen LogP contribution in [0.25, 0.3) is 0 Å². The summed E-state index contributed by atoms with van der Waals surface area (Å²) in [7, 11) is 1.67. The predicted octanol–water partition coefficient (Wildman–Crippen LogP) is 3.54. The molecule has 1 aliphatic carbocycles. The van der Waals surface area contributed by atoms with Crippen LogP contribution in [0.15, 0.2) is 30.0 Å². The Labute approximate surface area is 149 Å². The summed E-state index contributed by atoms with van der Waals surface area (Å²) in [5.74, 6) is 1.64. The fourth-order valence-electron chi connectivity index (χ4n) is 3.56. The lowest BCUT2D eigenvalue weighted by Gasteiger charge is -2.18. The lowest BCUT2D eigenvalue weighted by atomic mass is 9.97. The van der Waals surface area contributed by atoms with E-state index in [1.54, 1.807) is 13.2 Å². The number of nitrogens with one attached hydrogen (secondary N) is 1. The molecule has 2 aliphatic rings. The first kappa shape index (κ1) is 17.6.